The number of para-hydroxylation sites is 2. The molecular weight excluding hydrogens is 346 g/mol. The summed E-state index contributed by atoms with van der Waals surface area (Å²) in [4.78, 5) is 21.1. The Morgan fingerprint density at radius 3 is 2.77 bits per heavy atom. The molecule has 2 heterocycles. The summed E-state index contributed by atoms with van der Waals surface area (Å²) in [5.74, 6) is 0.0301. The van der Waals surface area contributed by atoms with Crippen LogP contribution >= 0.6 is 11.3 Å². The first-order valence-electron chi connectivity index (χ1n) is 8.06. The summed E-state index contributed by atoms with van der Waals surface area (Å²) < 4.78 is 0. The predicted molar refractivity (Wildman–Crippen MR) is 103 cm³/mol. The molecule has 0 atom stereocenters. The average molecular weight is 361 g/mol. The van der Waals surface area contributed by atoms with Gasteiger partial charge in [-0.1, -0.05) is 30.3 Å². The van der Waals surface area contributed by atoms with Gasteiger partial charge in [0.15, 0.2) is 0 Å². The van der Waals surface area contributed by atoms with Gasteiger partial charge in [-0.3, -0.25) is 4.79 Å². The number of hydrogen-bond acceptors (Lipinski definition) is 5. The van der Waals surface area contributed by atoms with Crippen molar-refractivity contribution in [3.05, 3.63) is 71.2 Å². The number of hydrogen-bond donors (Lipinski definition) is 2. The molecule has 26 heavy (non-hydrogen) atoms. The number of amides is 1. The van der Waals surface area contributed by atoms with Crippen LogP contribution in [0.25, 0.3) is 22.2 Å². The fourth-order valence-electron chi connectivity index (χ4n) is 2.77. The van der Waals surface area contributed by atoms with Gasteiger partial charge in [-0.05, 0) is 24.3 Å². The van der Waals surface area contributed by atoms with Crippen molar-refractivity contribution in [2.24, 2.45) is 0 Å². The zero-order valence-corrected chi connectivity index (χ0v) is 14.5. The maximum Gasteiger partial charge on any atom is 0.230 e. The number of carbonyl (C=O) groups excluding carboxylic acids is 1. The molecule has 4 rings (SSSR count). The van der Waals surface area contributed by atoms with Crippen LogP contribution in [0.1, 0.15) is 5.69 Å². The first-order valence-corrected chi connectivity index (χ1v) is 9.00. The molecule has 4 aromatic rings. The molecule has 2 aromatic carbocycles. The summed E-state index contributed by atoms with van der Waals surface area (Å²) in [7, 11) is 0. The Morgan fingerprint density at radius 2 is 1.96 bits per heavy atom. The van der Waals surface area contributed by atoms with Gasteiger partial charge in [-0.15, -0.1) is 11.3 Å². The van der Waals surface area contributed by atoms with Gasteiger partial charge in [0.2, 0.25) is 5.91 Å². The van der Waals surface area contributed by atoms with Crippen molar-refractivity contribution in [1.29, 1.82) is 0 Å². The summed E-state index contributed by atoms with van der Waals surface area (Å²) in [5.41, 5.74) is 5.08. The molecule has 0 saturated heterocycles. The predicted octanol–water partition coefficient (Wildman–Crippen LogP) is 4.25. The average Bonchev–Trinajstić information content (AvgIpc) is 3.15. The van der Waals surface area contributed by atoms with E-state index in [-0.39, 0.29) is 18.1 Å². The molecule has 0 saturated carbocycles. The van der Waals surface area contributed by atoms with Crippen LogP contribution in [0, 0.1) is 0 Å². The molecule has 128 valence electrons. The van der Waals surface area contributed by atoms with Crippen LogP contribution in [0.5, 0.6) is 5.75 Å². The maximum absolute atomic E-state index is 12.3. The van der Waals surface area contributed by atoms with Gasteiger partial charge in [-0.25, -0.2) is 9.97 Å². The number of phenols is 1. The molecule has 0 unspecified atom stereocenters. The third-order valence-electron chi connectivity index (χ3n) is 4.00. The Bertz CT molecular complexity index is 1080. The third-order valence-corrected chi connectivity index (χ3v) is 4.63. The topological polar surface area (TPSA) is 75.1 Å². The SMILES string of the molecule is O=C(Cc1cscn1)Nc1cccc2ccc(-c3ccccc3O)nc12. The molecule has 0 radical (unpaired) electrons. The summed E-state index contributed by atoms with van der Waals surface area (Å²) in [5, 5.41) is 15.8. The number of rotatable bonds is 4. The van der Waals surface area contributed by atoms with Crippen molar-refractivity contribution in [2.45, 2.75) is 6.42 Å². The van der Waals surface area contributed by atoms with E-state index in [1.54, 1.807) is 17.6 Å². The number of anilines is 1. The highest BCUT2D eigenvalue weighted by Gasteiger charge is 2.11. The van der Waals surface area contributed by atoms with E-state index in [2.05, 4.69) is 15.3 Å². The molecular formula is C20H15N3O2S. The molecule has 0 fully saturated rings. The van der Waals surface area contributed by atoms with Gasteiger partial charge < -0.3 is 10.4 Å². The van der Waals surface area contributed by atoms with Gasteiger partial charge in [-0.2, -0.15) is 0 Å². The Morgan fingerprint density at radius 1 is 1.08 bits per heavy atom. The smallest absolute Gasteiger partial charge is 0.230 e. The second-order valence-electron chi connectivity index (χ2n) is 5.80. The van der Waals surface area contributed by atoms with Crippen molar-refractivity contribution in [3.63, 3.8) is 0 Å². The zero-order chi connectivity index (χ0) is 17.9. The van der Waals surface area contributed by atoms with Gasteiger partial charge in [0.05, 0.1) is 34.5 Å². The highest BCUT2D eigenvalue weighted by atomic mass is 32.1. The number of aromatic nitrogens is 2. The molecule has 0 bridgehead atoms. The summed E-state index contributed by atoms with van der Waals surface area (Å²) in [6, 6.07) is 16.5. The number of carbonyl (C=O) groups is 1. The molecule has 0 aliphatic rings. The molecule has 0 spiro atoms. The van der Waals surface area contributed by atoms with E-state index < -0.39 is 0 Å². The van der Waals surface area contributed by atoms with Crippen molar-refractivity contribution in [3.8, 4) is 17.0 Å². The lowest BCUT2D eigenvalue weighted by molar-refractivity contribution is -0.115. The molecule has 6 heteroatoms. The number of thiazole rings is 1. The quantitative estimate of drug-likeness (QED) is 0.570. The Balaban J connectivity index is 1.70. The fraction of sp³-hybridized carbons (Fsp3) is 0.0500. The maximum atomic E-state index is 12.3. The number of aromatic hydroxyl groups is 1. The Labute approximate surface area is 154 Å². The molecule has 0 aliphatic carbocycles. The number of nitrogens with zero attached hydrogens (tertiary/aromatic N) is 2. The number of fused-ring (bicyclic) bond motifs is 1. The fourth-order valence-corrected chi connectivity index (χ4v) is 3.33. The van der Waals surface area contributed by atoms with Crippen molar-refractivity contribution in [2.75, 3.05) is 5.32 Å². The highest BCUT2D eigenvalue weighted by molar-refractivity contribution is 7.07. The van der Waals surface area contributed by atoms with E-state index in [0.717, 1.165) is 11.1 Å². The van der Waals surface area contributed by atoms with E-state index in [1.807, 2.05) is 47.8 Å². The van der Waals surface area contributed by atoms with E-state index in [9.17, 15) is 9.90 Å². The first kappa shape index (κ1) is 16.2. The van der Waals surface area contributed by atoms with Crippen LogP contribution in [0.2, 0.25) is 0 Å². The Kier molecular flexibility index (Phi) is 4.33. The van der Waals surface area contributed by atoms with Crippen LogP contribution in [0.15, 0.2) is 65.5 Å². The van der Waals surface area contributed by atoms with E-state index in [1.165, 1.54) is 11.3 Å². The number of benzene rings is 2. The van der Waals surface area contributed by atoms with E-state index in [4.69, 9.17) is 0 Å². The van der Waals surface area contributed by atoms with Crippen molar-refractivity contribution >= 4 is 33.8 Å². The minimum absolute atomic E-state index is 0.141. The van der Waals surface area contributed by atoms with E-state index >= 15 is 0 Å². The molecule has 1 amide bonds. The third kappa shape index (κ3) is 3.27. The second kappa shape index (κ2) is 6.93. The van der Waals surface area contributed by atoms with Crippen molar-refractivity contribution < 1.29 is 9.90 Å². The first-order chi connectivity index (χ1) is 12.7. The minimum atomic E-state index is -0.141. The summed E-state index contributed by atoms with van der Waals surface area (Å²) >= 11 is 1.46. The molecule has 2 N–H and O–H groups in total. The van der Waals surface area contributed by atoms with Crippen LogP contribution in [0.4, 0.5) is 5.69 Å². The lowest BCUT2D eigenvalue weighted by atomic mass is 10.1. The largest absolute Gasteiger partial charge is 0.507 e. The van der Waals surface area contributed by atoms with Gasteiger partial charge >= 0.3 is 0 Å². The molecule has 0 aliphatic heterocycles. The monoisotopic (exact) mass is 361 g/mol. The highest BCUT2D eigenvalue weighted by Crippen LogP contribution is 2.30. The normalized spacial score (nSPS) is 10.8. The van der Waals surface area contributed by atoms with Crippen molar-refractivity contribution in [1.82, 2.24) is 9.97 Å². The number of phenolic OH excluding ortho intramolecular Hbond substituents is 1. The molecule has 2 aromatic heterocycles. The van der Waals surface area contributed by atoms with Gasteiger partial charge in [0, 0.05) is 16.3 Å². The van der Waals surface area contributed by atoms with Gasteiger partial charge in [0.1, 0.15) is 5.75 Å². The number of pyridine rings is 1. The zero-order valence-electron chi connectivity index (χ0n) is 13.7. The second-order valence-corrected chi connectivity index (χ2v) is 6.51. The lowest BCUT2D eigenvalue weighted by Crippen LogP contribution is -2.15. The van der Waals surface area contributed by atoms with Gasteiger partial charge in [0.25, 0.3) is 0 Å². The summed E-state index contributed by atoms with van der Waals surface area (Å²) in [6.45, 7) is 0. The van der Waals surface area contributed by atoms with E-state index in [0.29, 0.717) is 22.5 Å². The van der Waals surface area contributed by atoms with Crippen LogP contribution in [-0.2, 0) is 11.2 Å². The summed E-state index contributed by atoms with van der Waals surface area (Å²) in [6.07, 6.45) is 0.221. The van der Waals surface area contributed by atoms with Crippen LogP contribution in [-0.4, -0.2) is 21.0 Å². The van der Waals surface area contributed by atoms with Crippen LogP contribution < -0.4 is 5.32 Å². The minimum Gasteiger partial charge on any atom is -0.507 e. The standard InChI is InChI=1S/C20H15N3O2S/c24-18-7-2-1-5-15(18)16-9-8-13-4-3-6-17(20(13)23-16)22-19(25)10-14-11-26-12-21-14/h1-9,11-12,24H,10H2,(H,22,25). The van der Waals surface area contributed by atoms with Crippen LogP contribution in [0.3, 0.4) is 0 Å². The molecule has 5 nitrogen and oxygen atoms in total. The Hall–Kier alpha value is -3.25. The number of nitrogens with one attached hydrogen (secondary N) is 1. The lowest BCUT2D eigenvalue weighted by Gasteiger charge is -2.10.